The van der Waals surface area contributed by atoms with Gasteiger partial charge in [-0.2, -0.15) is 0 Å². The smallest absolute Gasteiger partial charge is 0.328 e. The Bertz CT molecular complexity index is 660. The number of nitrogens with zero attached hydrogens (tertiary/aromatic N) is 1. The molecule has 1 amide bonds. The van der Waals surface area contributed by atoms with Crippen molar-refractivity contribution in [2.75, 3.05) is 5.32 Å². The van der Waals surface area contributed by atoms with Crippen LogP contribution in [-0.4, -0.2) is 22.1 Å². The molecule has 0 saturated heterocycles. The number of hydrogen-bond donors (Lipinski definition) is 2. The number of amides is 1. The Kier molecular flexibility index (Phi) is 3.95. The summed E-state index contributed by atoms with van der Waals surface area (Å²) in [5.74, 6) is -1.33. The normalized spacial score (nSPS) is 10.7. The van der Waals surface area contributed by atoms with Crippen molar-refractivity contribution in [3.05, 3.63) is 53.4 Å². The number of carbonyl (C=O) groups excluding carboxylic acids is 1. The Morgan fingerprint density at radius 1 is 1.35 bits per heavy atom. The monoisotopic (exact) mass is 272 g/mol. The molecule has 1 aromatic carbocycles. The van der Waals surface area contributed by atoms with Crippen LogP contribution < -0.4 is 5.32 Å². The van der Waals surface area contributed by atoms with E-state index in [2.05, 4.69) is 10.5 Å². The molecule has 6 heteroatoms. The van der Waals surface area contributed by atoms with Gasteiger partial charge in [0.05, 0.1) is 6.20 Å². The predicted molar refractivity (Wildman–Crippen MR) is 72.3 cm³/mol. The van der Waals surface area contributed by atoms with Crippen LogP contribution in [0.1, 0.15) is 21.7 Å². The molecule has 0 aliphatic heterocycles. The van der Waals surface area contributed by atoms with Gasteiger partial charge in [-0.1, -0.05) is 17.3 Å². The SMILES string of the molecule is Cc1ccc(C=CC(=O)O)cc1NC(=O)c1ccno1. The number of nitrogens with one attached hydrogen (secondary N) is 1. The van der Waals surface area contributed by atoms with E-state index in [9.17, 15) is 9.59 Å². The number of anilines is 1. The van der Waals surface area contributed by atoms with Crippen LogP contribution in [0.25, 0.3) is 6.08 Å². The Balaban J connectivity index is 2.20. The molecule has 2 aromatic rings. The number of aromatic nitrogens is 1. The van der Waals surface area contributed by atoms with E-state index in [1.807, 2.05) is 6.92 Å². The number of carboxylic acid groups (broad SMARTS) is 1. The number of benzene rings is 1. The Morgan fingerprint density at radius 3 is 2.80 bits per heavy atom. The molecular formula is C14H12N2O4. The zero-order valence-electron chi connectivity index (χ0n) is 10.7. The summed E-state index contributed by atoms with van der Waals surface area (Å²) >= 11 is 0. The number of rotatable bonds is 4. The number of aliphatic carboxylic acids is 1. The van der Waals surface area contributed by atoms with Crippen molar-refractivity contribution in [1.29, 1.82) is 0 Å². The minimum atomic E-state index is -1.03. The van der Waals surface area contributed by atoms with E-state index in [1.165, 1.54) is 18.3 Å². The van der Waals surface area contributed by atoms with E-state index >= 15 is 0 Å². The highest BCUT2D eigenvalue weighted by Crippen LogP contribution is 2.18. The highest BCUT2D eigenvalue weighted by molar-refractivity contribution is 6.02. The maximum absolute atomic E-state index is 11.8. The van der Waals surface area contributed by atoms with Gasteiger partial charge in [0.2, 0.25) is 5.76 Å². The Labute approximate surface area is 114 Å². The van der Waals surface area contributed by atoms with Crippen molar-refractivity contribution >= 4 is 23.6 Å². The molecule has 2 rings (SSSR count). The molecule has 1 heterocycles. The number of carbonyl (C=O) groups is 2. The van der Waals surface area contributed by atoms with Crippen molar-refractivity contribution < 1.29 is 19.2 Å². The minimum absolute atomic E-state index is 0.107. The lowest BCUT2D eigenvalue weighted by atomic mass is 10.1. The van der Waals surface area contributed by atoms with Gasteiger partial charge in [-0.3, -0.25) is 4.79 Å². The second-order valence-corrected chi connectivity index (χ2v) is 4.08. The van der Waals surface area contributed by atoms with Crippen LogP contribution in [0.4, 0.5) is 5.69 Å². The molecule has 20 heavy (non-hydrogen) atoms. The van der Waals surface area contributed by atoms with Crippen molar-refractivity contribution in [2.45, 2.75) is 6.92 Å². The standard InChI is InChI=1S/C14H12N2O4/c1-9-2-3-10(4-5-13(17)18)8-11(9)16-14(19)12-6-7-15-20-12/h2-8H,1H3,(H,16,19)(H,17,18). The van der Waals surface area contributed by atoms with Crippen LogP contribution in [0.3, 0.4) is 0 Å². The molecule has 0 unspecified atom stereocenters. The van der Waals surface area contributed by atoms with Crippen molar-refractivity contribution in [3.8, 4) is 0 Å². The first kappa shape index (κ1) is 13.5. The van der Waals surface area contributed by atoms with Crippen LogP contribution in [0.15, 0.2) is 41.1 Å². The molecule has 0 atom stereocenters. The average molecular weight is 272 g/mol. The lowest BCUT2D eigenvalue weighted by Gasteiger charge is -2.07. The third-order valence-electron chi connectivity index (χ3n) is 2.59. The zero-order valence-corrected chi connectivity index (χ0v) is 10.7. The maximum atomic E-state index is 11.8. The first-order valence-corrected chi connectivity index (χ1v) is 5.80. The van der Waals surface area contributed by atoms with Gasteiger partial charge in [0.15, 0.2) is 0 Å². The molecular weight excluding hydrogens is 260 g/mol. The first-order valence-electron chi connectivity index (χ1n) is 5.80. The second kappa shape index (κ2) is 5.83. The number of aryl methyl sites for hydroxylation is 1. The summed E-state index contributed by atoms with van der Waals surface area (Å²) in [5, 5.41) is 14.7. The van der Waals surface area contributed by atoms with E-state index in [-0.39, 0.29) is 5.76 Å². The summed E-state index contributed by atoms with van der Waals surface area (Å²) in [5.41, 5.74) is 2.11. The molecule has 102 valence electrons. The molecule has 6 nitrogen and oxygen atoms in total. The number of hydrogen-bond acceptors (Lipinski definition) is 4. The third-order valence-corrected chi connectivity index (χ3v) is 2.59. The molecule has 0 bridgehead atoms. The van der Waals surface area contributed by atoms with E-state index in [0.717, 1.165) is 11.6 Å². The molecule has 0 fully saturated rings. The van der Waals surface area contributed by atoms with E-state index < -0.39 is 11.9 Å². The lowest BCUT2D eigenvalue weighted by Crippen LogP contribution is -2.11. The quantitative estimate of drug-likeness (QED) is 0.833. The summed E-state index contributed by atoms with van der Waals surface area (Å²) in [6.45, 7) is 1.83. The molecule has 0 aliphatic rings. The molecule has 0 spiro atoms. The lowest BCUT2D eigenvalue weighted by molar-refractivity contribution is -0.131. The summed E-state index contributed by atoms with van der Waals surface area (Å²) in [4.78, 5) is 22.3. The summed E-state index contributed by atoms with van der Waals surface area (Å²) in [6.07, 6.45) is 3.87. The third kappa shape index (κ3) is 3.32. The fourth-order valence-electron chi connectivity index (χ4n) is 1.56. The van der Waals surface area contributed by atoms with Gasteiger partial charge in [0.25, 0.3) is 5.91 Å². The van der Waals surface area contributed by atoms with Gasteiger partial charge in [0, 0.05) is 17.8 Å². The summed E-state index contributed by atoms with van der Waals surface area (Å²) in [7, 11) is 0. The molecule has 0 aliphatic carbocycles. The van der Waals surface area contributed by atoms with Crippen LogP contribution in [0.5, 0.6) is 0 Å². The van der Waals surface area contributed by atoms with Crippen molar-refractivity contribution in [2.24, 2.45) is 0 Å². The second-order valence-electron chi connectivity index (χ2n) is 4.08. The highest BCUT2D eigenvalue weighted by atomic mass is 16.5. The Hall–Kier alpha value is -2.89. The molecule has 2 N–H and O–H groups in total. The highest BCUT2D eigenvalue weighted by Gasteiger charge is 2.11. The van der Waals surface area contributed by atoms with Gasteiger partial charge in [-0.15, -0.1) is 0 Å². The Morgan fingerprint density at radius 2 is 2.15 bits per heavy atom. The minimum Gasteiger partial charge on any atom is -0.478 e. The van der Waals surface area contributed by atoms with Gasteiger partial charge < -0.3 is 14.9 Å². The average Bonchev–Trinajstić information content (AvgIpc) is 2.93. The van der Waals surface area contributed by atoms with Gasteiger partial charge in [-0.25, -0.2) is 4.79 Å². The van der Waals surface area contributed by atoms with Gasteiger partial charge in [-0.05, 0) is 30.2 Å². The van der Waals surface area contributed by atoms with Crippen LogP contribution >= 0.6 is 0 Å². The fourth-order valence-corrected chi connectivity index (χ4v) is 1.56. The maximum Gasteiger partial charge on any atom is 0.328 e. The van der Waals surface area contributed by atoms with Crippen LogP contribution in [0.2, 0.25) is 0 Å². The van der Waals surface area contributed by atoms with Gasteiger partial charge in [0.1, 0.15) is 0 Å². The van der Waals surface area contributed by atoms with E-state index in [1.54, 1.807) is 18.2 Å². The van der Waals surface area contributed by atoms with Crippen molar-refractivity contribution in [3.63, 3.8) is 0 Å². The predicted octanol–water partition coefficient (Wildman–Crippen LogP) is 2.33. The summed E-state index contributed by atoms with van der Waals surface area (Å²) < 4.78 is 4.76. The molecule has 0 saturated carbocycles. The molecule has 1 aromatic heterocycles. The van der Waals surface area contributed by atoms with E-state index in [0.29, 0.717) is 11.3 Å². The number of carboxylic acids is 1. The molecule has 0 radical (unpaired) electrons. The largest absolute Gasteiger partial charge is 0.478 e. The summed E-state index contributed by atoms with van der Waals surface area (Å²) in [6, 6.07) is 6.69. The zero-order chi connectivity index (χ0) is 14.5. The first-order chi connectivity index (χ1) is 9.56. The van der Waals surface area contributed by atoms with Gasteiger partial charge >= 0.3 is 5.97 Å². The van der Waals surface area contributed by atoms with Crippen LogP contribution in [0, 0.1) is 6.92 Å². The van der Waals surface area contributed by atoms with Crippen molar-refractivity contribution in [1.82, 2.24) is 5.16 Å². The fraction of sp³-hybridized carbons (Fsp3) is 0.0714. The van der Waals surface area contributed by atoms with E-state index in [4.69, 9.17) is 9.63 Å². The topological polar surface area (TPSA) is 92.4 Å². The van der Waals surface area contributed by atoms with Crippen LogP contribution in [-0.2, 0) is 4.79 Å².